The zero-order chi connectivity index (χ0) is 19.3. The van der Waals surface area contributed by atoms with Gasteiger partial charge in [0.25, 0.3) is 5.91 Å². The van der Waals surface area contributed by atoms with Crippen molar-refractivity contribution in [3.63, 3.8) is 0 Å². The monoisotopic (exact) mass is 389 g/mol. The highest BCUT2D eigenvalue weighted by atomic mass is 32.2. The van der Waals surface area contributed by atoms with Crippen LogP contribution in [0, 0.1) is 6.92 Å². The van der Waals surface area contributed by atoms with Crippen LogP contribution < -0.4 is 11.1 Å². The molecule has 1 aromatic heterocycles. The summed E-state index contributed by atoms with van der Waals surface area (Å²) in [6.07, 6.45) is 2.29. The van der Waals surface area contributed by atoms with Gasteiger partial charge in [-0.3, -0.25) is 4.79 Å². The molecule has 1 aromatic carbocycles. The van der Waals surface area contributed by atoms with E-state index in [2.05, 4.69) is 10.4 Å². The Morgan fingerprint density at radius 2 is 2.15 bits per heavy atom. The average Bonchev–Trinajstić information content (AvgIpc) is 2.96. The summed E-state index contributed by atoms with van der Waals surface area (Å²) in [6.45, 7) is 3.16. The van der Waals surface area contributed by atoms with Gasteiger partial charge in [0.2, 0.25) is 10.0 Å². The molecule has 0 saturated carbocycles. The SMILES string of the molecule is Cc1ccc2c(c1)C(C(=O)n1nc(N)c3c1CN(S(C)(=O)=O)CC3)CCN2. The average molecular weight is 389 g/mol. The van der Waals surface area contributed by atoms with Gasteiger partial charge < -0.3 is 11.1 Å². The second-order valence-corrected chi connectivity index (χ2v) is 9.25. The largest absolute Gasteiger partial charge is 0.385 e. The zero-order valence-corrected chi connectivity index (χ0v) is 16.2. The van der Waals surface area contributed by atoms with E-state index in [1.165, 1.54) is 15.2 Å². The lowest BCUT2D eigenvalue weighted by Crippen LogP contribution is -2.37. The van der Waals surface area contributed by atoms with Gasteiger partial charge >= 0.3 is 0 Å². The summed E-state index contributed by atoms with van der Waals surface area (Å²) in [6, 6.07) is 6.02. The van der Waals surface area contributed by atoms with Crippen LogP contribution in [-0.2, 0) is 23.0 Å². The maximum atomic E-state index is 13.4. The fourth-order valence-corrected chi connectivity index (χ4v) is 4.71. The molecule has 0 aliphatic carbocycles. The summed E-state index contributed by atoms with van der Waals surface area (Å²) >= 11 is 0. The van der Waals surface area contributed by atoms with E-state index < -0.39 is 10.0 Å². The van der Waals surface area contributed by atoms with Gasteiger partial charge in [-0.2, -0.15) is 4.31 Å². The number of aromatic nitrogens is 2. The van der Waals surface area contributed by atoms with Crippen molar-refractivity contribution in [3.8, 4) is 0 Å². The smallest absolute Gasteiger partial charge is 0.254 e. The molecule has 144 valence electrons. The van der Waals surface area contributed by atoms with Gasteiger partial charge in [-0.1, -0.05) is 17.7 Å². The summed E-state index contributed by atoms with van der Waals surface area (Å²) in [5.74, 6) is -0.185. The quantitative estimate of drug-likeness (QED) is 0.802. The van der Waals surface area contributed by atoms with Gasteiger partial charge in [-0.15, -0.1) is 5.10 Å². The summed E-state index contributed by atoms with van der Waals surface area (Å²) in [5, 5.41) is 7.61. The molecule has 2 aliphatic heterocycles. The molecule has 2 aromatic rings. The van der Waals surface area contributed by atoms with Crippen LogP contribution in [0.5, 0.6) is 0 Å². The number of fused-ring (bicyclic) bond motifs is 2. The number of benzene rings is 1. The number of rotatable bonds is 2. The first kappa shape index (κ1) is 18.0. The van der Waals surface area contributed by atoms with E-state index in [9.17, 15) is 13.2 Å². The van der Waals surface area contributed by atoms with Crippen LogP contribution in [0.1, 0.15) is 39.5 Å². The minimum absolute atomic E-state index is 0.121. The fraction of sp³-hybridized carbons (Fsp3) is 0.444. The highest BCUT2D eigenvalue weighted by Gasteiger charge is 2.34. The topological polar surface area (TPSA) is 110 Å². The molecular weight excluding hydrogens is 366 g/mol. The van der Waals surface area contributed by atoms with Gasteiger partial charge in [-0.05, 0) is 31.4 Å². The van der Waals surface area contributed by atoms with E-state index in [1.807, 2.05) is 25.1 Å². The first-order valence-electron chi connectivity index (χ1n) is 8.95. The Morgan fingerprint density at radius 3 is 2.89 bits per heavy atom. The fourth-order valence-electron chi connectivity index (χ4n) is 3.93. The highest BCUT2D eigenvalue weighted by molar-refractivity contribution is 7.88. The van der Waals surface area contributed by atoms with E-state index >= 15 is 0 Å². The summed E-state index contributed by atoms with van der Waals surface area (Å²) in [5.41, 5.74) is 10.4. The van der Waals surface area contributed by atoms with E-state index in [1.54, 1.807) is 0 Å². The summed E-state index contributed by atoms with van der Waals surface area (Å²) in [4.78, 5) is 13.4. The van der Waals surface area contributed by atoms with Crippen molar-refractivity contribution in [1.29, 1.82) is 0 Å². The van der Waals surface area contributed by atoms with Gasteiger partial charge in [-0.25, -0.2) is 13.1 Å². The van der Waals surface area contributed by atoms with Crippen molar-refractivity contribution in [3.05, 3.63) is 40.6 Å². The molecule has 4 rings (SSSR count). The molecule has 0 fully saturated rings. The van der Waals surface area contributed by atoms with Crippen LogP contribution in [-0.4, -0.2) is 47.8 Å². The van der Waals surface area contributed by atoms with E-state index in [0.29, 0.717) is 37.4 Å². The standard InChI is InChI=1S/C18H23N5O3S/c1-11-3-4-15-14(9-11)12(5-7-20-15)18(24)23-16-10-22(27(2,25)26)8-6-13(16)17(19)21-23/h3-4,9,12,20H,5-8,10H2,1-2H3,(H2,19,21). The molecule has 0 spiro atoms. The van der Waals surface area contributed by atoms with Crippen LogP contribution in [0.3, 0.4) is 0 Å². The molecule has 3 heterocycles. The molecule has 1 unspecified atom stereocenters. The number of nitrogens with zero attached hydrogens (tertiary/aromatic N) is 3. The predicted octanol–water partition coefficient (Wildman–Crippen LogP) is 1.33. The molecule has 27 heavy (non-hydrogen) atoms. The lowest BCUT2D eigenvalue weighted by Gasteiger charge is -2.28. The predicted molar refractivity (Wildman–Crippen MR) is 103 cm³/mol. The molecule has 0 radical (unpaired) electrons. The van der Waals surface area contributed by atoms with Crippen molar-refractivity contribution in [2.75, 3.05) is 30.4 Å². The maximum absolute atomic E-state index is 13.4. The van der Waals surface area contributed by atoms with E-state index in [4.69, 9.17) is 5.73 Å². The minimum atomic E-state index is -3.35. The van der Waals surface area contributed by atoms with Crippen molar-refractivity contribution in [2.24, 2.45) is 0 Å². The van der Waals surface area contributed by atoms with E-state index in [0.717, 1.165) is 22.4 Å². The lowest BCUT2D eigenvalue weighted by molar-refractivity contribution is 0.0850. The number of anilines is 2. The van der Waals surface area contributed by atoms with Gasteiger partial charge in [0, 0.05) is 24.3 Å². The summed E-state index contributed by atoms with van der Waals surface area (Å²) in [7, 11) is -3.35. The number of hydrogen-bond acceptors (Lipinski definition) is 6. The van der Waals surface area contributed by atoms with Gasteiger partial charge in [0.1, 0.15) is 5.82 Å². The molecule has 1 atom stereocenters. The van der Waals surface area contributed by atoms with Crippen LogP contribution in [0.25, 0.3) is 0 Å². The second kappa shape index (κ2) is 6.35. The Labute approximate surface area is 158 Å². The normalized spacial score (nSPS) is 19.9. The first-order chi connectivity index (χ1) is 12.8. The van der Waals surface area contributed by atoms with Gasteiger partial charge in [0.15, 0.2) is 0 Å². The Kier molecular flexibility index (Phi) is 4.23. The maximum Gasteiger partial charge on any atom is 0.254 e. The molecular formula is C18H23N5O3S. The van der Waals surface area contributed by atoms with E-state index in [-0.39, 0.29) is 18.4 Å². The number of nitrogens with one attached hydrogen (secondary N) is 1. The van der Waals surface area contributed by atoms with Crippen LogP contribution in [0.15, 0.2) is 18.2 Å². The third-order valence-corrected chi connectivity index (χ3v) is 6.61. The van der Waals surface area contributed by atoms with Gasteiger partial charge in [0.05, 0.1) is 24.4 Å². The number of carbonyl (C=O) groups excluding carboxylic acids is 1. The zero-order valence-electron chi connectivity index (χ0n) is 15.4. The first-order valence-corrected chi connectivity index (χ1v) is 10.8. The number of nitrogens with two attached hydrogens (primary N) is 1. The lowest BCUT2D eigenvalue weighted by atomic mass is 9.89. The van der Waals surface area contributed by atoms with Crippen molar-refractivity contribution in [1.82, 2.24) is 14.1 Å². The van der Waals surface area contributed by atoms with Crippen molar-refractivity contribution in [2.45, 2.75) is 32.2 Å². The molecule has 0 amide bonds. The second-order valence-electron chi connectivity index (χ2n) is 7.27. The number of sulfonamides is 1. The molecule has 3 N–H and O–H groups in total. The number of carbonyl (C=O) groups is 1. The number of nitrogen functional groups attached to an aromatic ring is 1. The molecule has 0 bridgehead atoms. The Hall–Kier alpha value is -2.39. The van der Waals surface area contributed by atoms with Crippen LogP contribution in [0.2, 0.25) is 0 Å². The third kappa shape index (κ3) is 3.10. The van der Waals surface area contributed by atoms with Crippen molar-refractivity contribution < 1.29 is 13.2 Å². The Morgan fingerprint density at radius 1 is 1.37 bits per heavy atom. The highest BCUT2D eigenvalue weighted by Crippen LogP contribution is 2.35. The Bertz CT molecular complexity index is 1030. The number of aryl methyl sites for hydroxylation is 1. The Balaban J connectivity index is 1.74. The van der Waals surface area contributed by atoms with Crippen molar-refractivity contribution >= 4 is 27.4 Å². The molecule has 9 heteroatoms. The summed E-state index contributed by atoms with van der Waals surface area (Å²) < 4.78 is 26.6. The number of hydrogen-bond donors (Lipinski definition) is 2. The van der Waals surface area contributed by atoms with Crippen LogP contribution >= 0.6 is 0 Å². The molecule has 2 aliphatic rings. The third-order valence-electron chi connectivity index (χ3n) is 5.37. The minimum Gasteiger partial charge on any atom is -0.385 e. The molecule has 0 saturated heterocycles. The van der Waals surface area contributed by atoms with Crippen LogP contribution in [0.4, 0.5) is 11.5 Å². The molecule has 8 nitrogen and oxygen atoms in total.